The summed E-state index contributed by atoms with van der Waals surface area (Å²) >= 11 is 0. The molecule has 0 fully saturated rings. The molecule has 0 spiro atoms. The molecule has 102 valence electrons. The van der Waals surface area contributed by atoms with Crippen LogP contribution in [-0.2, 0) is 4.79 Å². The van der Waals surface area contributed by atoms with Gasteiger partial charge in [-0.05, 0) is 13.1 Å². The summed E-state index contributed by atoms with van der Waals surface area (Å²) < 4.78 is 10.4. The van der Waals surface area contributed by atoms with Crippen molar-refractivity contribution in [2.45, 2.75) is 6.04 Å². The highest BCUT2D eigenvalue weighted by atomic mass is 16.5. The number of nitrogens with zero attached hydrogens (tertiary/aromatic N) is 2. The molecule has 0 bridgehead atoms. The van der Waals surface area contributed by atoms with Gasteiger partial charge in [0.25, 0.3) is 0 Å². The zero-order valence-corrected chi connectivity index (χ0v) is 11.1. The number of carbonyl (C=O) groups is 1. The summed E-state index contributed by atoms with van der Waals surface area (Å²) in [4.78, 5) is 12.2. The molecule has 6 nitrogen and oxygen atoms in total. The molecule has 0 radical (unpaired) electrons. The fourth-order valence-corrected chi connectivity index (χ4v) is 1.84. The van der Waals surface area contributed by atoms with E-state index in [4.69, 9.17) is 14.6 Å². The van der Waals surface area contributed by atoms with Gasteiger partial charge in [-0.15, -0.1) is 0 Å². The van der Waals surface area contributed by atoms with Gasteiger partial charge in [0.05, 0.1) is 26.8 Å². The van der Waals surface area contributed by atoms with Crippen LogP contribution in [0.1, 0.15) is 11.6 Å². The van der Waals surface area contributed by atoms with Gasteiger partial charge in [-0.3, -0.25) is 9.69 Å². The maximum Gasteiger partial charge on any atom is 0.317 e. The van der Waals surface area contributed by atoms with E-state index in [0.29, 0.717) is 17.1 Å². The first-order chi connectivity index (χ1) is 9.04. The number of rotatable bonds is 6. The summed E-state index contributed by atoms with van der Waals surface area (Å²) in [6.07, 6.45) is 0. The van der Waals surface area contributed by atoms with Crippen LogP contribution in [0.15, 0.2) is 18.2 Å². The molecule has 0 aromatic heterocycles. The van der Waals surface area contributed by atoms with E-state index >= 15 is 0 Å². The average molecular weight is 264 g/mol. The summed E-state index contributed by atoms with van der Waals surface area (Å²) in [5.41, 5.74) is 0.577. The number of benzene rings is 1. The third-order valence-electron chi connectivity index (χ3n) is 2.68. The molecule has 0 aliphatic carbocycles. The van der Waals surface area contributed by atoms with Crippen molar-refractivity contribution in [3.05, 3.63) is 23.8 Å². The van der Waals surface area contributed by atoms with Gasteiger partial charge in [-0.2, -0.15) is 5.26 Å². The number of para-hydroxylation sites is 1. The van der Waals surface area contributed by atoms with Gasteiger partial charge < -0.3 is 14.6 Å². The van der Waals surface area contributed by atoms with Crippen LogP contribution in [0.4, 0.5) is 0 Å². The Bertz CT molecular complexity index is 496. The van der Waals surface area contributed by atoms with Crippen molar-refractivity contribution in [3.63, 3.8) is 0 Å². The van der Waals surface area contributed by atoms with Crippen molar-refractivity contribution >= 4 is 5.97 Å². The van der Waals surface area contributed by atoms with E-state index in [1.54, 1.807) is 25.2 Å². The van der Waals surface area contributed by atoms with Crippen molar-refractivity contribution in [1.29, 1.82) is 5.26 Å². The molecule has 0 saturated heterocycles. The van der Waals surface area contributed by atoms with Crippen LogP contribution < -0.4 is 9.47 Å². The quantitative estimate of drug-likeness (QED) is 0.833. The highest BCUT2D eigenvalue weighted by molar-refractivity contribution is 5.69. The van der Waals surface area contributed by atoms with Crippen LogP contribution in [0, 0.1) is 11.3 Å². The second kappa shape index (κ2) is 6.61. The zero-order valence-electron chi connectivity index (χ0n) is 11.1. The van der Waals surface area contributed by atoms with Crippen LogP contribution in [-0.4, -0.2) is 43.8 Å². The topological polar surface area (TPSA) is 82.8 Å². The van der Waals surface area contributed by atoms with Crippen molar-refractivity contribution in [2.75, 3.05) is 27.8 Å². The first-order valence-corrected chi connectivity index (χ1v) is 5.57. The number of nitriles is 1. The molecule has 1 unspecified atom stereocenters. The second-order valence-corrected chi connectivity index (χ2v) is 3.92. The van der Waals surface area contributed by atoms with Crippen molar-refractivity contribution in [3.8, 4) is 17.6 Å². The number of likely N-dealkylation sites (N-methyl/N-ethyl adjacent to an activating group) is 1. The Morgan fingerprint density at radius 2 is 2.16 bits per heavy atom. The van der Waals surface area contributed by atoms with Gasteiger partial charge in [0.15, 0.2) is 11.5 Å². The van der Waals surface area contributed by atoms with E-state index in [1.165, 1.54) is 19.1 Å². The number of aliphatic carboxylic acids is 1. The predicted molar refractivity (Wildman–Crippen MR) is 68.2 cm³/mol. The lowest BCUT2D eigenvalue weighted by Gasteiger charge is -2.23. The van der Waals surface area contributed by atoms with Crippen LogP contribution in [0.5, 0.6) is 11.5 Å². The van der Waals surface area contributed by atoms with Gasteiger partial charge >= 0.3 is 5.97 Å². The van der Waals surface area contributed by atoms with Crippen LogP contribution >= 0.6 is 0 Å². The fraction of sp³-hybridized carbons (Fsp3) is 0.385. The summed E-state index contributed by atoms with van der Waals surface area (Å²) in [5, 5.41) is 18.1. The number of carboxylic acid groups (broad SMARTS) is 1. The maximum absolute atomic E-state index is 10.7. The molecule has 0 aliphatic rings. The van der Waals surface area contributed by atoms with Crippen molar-refractivity contribution in [1.82, 2.24) is 4.90 Å². The van der Waals surface area contributed by atoms with E-state index in [-0.39, 0.29) is 6.54 Å². The van der Waals surface area contributed by atoms with Gasteiger partial charge in [0.2, 0.25) is 0 Å². The molecule has 0 amide bonds. The fourth-order valence-electron chi connectivity index (χ4n) is 1.84. The van der Waals surface area contributed by atoms with Gasteiger partial charge in [-0.1, -0.05) is 12.1 Å². The lowest BCUT2D eigenvalue weighted by atomic mass is 10.0. The minimum Gasteiger partial charge on any atom is -0.493 e. The Balaban J connectivity index is 3.18. The summed E-state index contributed by atoms with van der Waals surface area (Å²) in [6.45, 7) is -0.238. The van der Waals surface area contributed by atoms with Gasteiger partial charge in [0, 0.05) is 5.56 Å². The number of carboxylic acids is 1. The Labute approximate surface area is 111 Å². The predicted octanol–water partition coefficient (Wildman–Crippen LogP) is 1.28. The number of hydrogen-bond donors (Lipinski definition) is 1. The van der Waals surface area contributed by atoms with Crippen LogP contribution in [0.3, 0.4) is 0 Å². The smallest absolute Gasteiger partial charge is 0.317 e. The number of methoxy groups -OCH3 is 2. The minimum absolute atomic E-state index is 0.238. The Kier molecular flexibility index (Phi) is 5.15. The summed E-state index contributed by atoms with van der Waals surface area (Å²) in [7, 11) is 4.55. The van der Waals surface area contributed by atoms with Crippen molar-refractivity contribution < 1.29 is 19.4 Å². The lowest BCUT2D eigenvalue weighted by molar-refractivity contribution is -0.138. The molecular formula is C13H16N2O4. The molecule has 0 heterocycles. The molecule has 1 rings (SSSR count). The van der Waals surface area contributed by atoms with Crippen LogP contribution in [0.25, 0.3) is 0 Å². The molecule has 1 atom stereocenters. The average Bonchev–Trinajstić information content (AvgIpc) is 2.38. The van der Waals surface area contributed by atoms with Crippen molar-refractivity contribution in [2.24, 2.45) is 0 Å². The zero-order chi connectivity index (χ0) is 14.4. The first kappa shape index (κ1) is 14.8. The molecule has 19 heavy (non-hydrogen) atoms. The molecule has 1 aromatic rings. The minimum atomic E-state index is -0.996. The molecule has 0 aliphatic heterocycles. The summed E-state index contributed by atoms with van der Waals surface area (Å²) in [5.74, 6) is -0.0534. The molecule has 0 saturated carbocycles. The Morgan fingerprint density at radius 3 is 2.63 bits per heavy atom. The largest absolute Gasteiger partial charge is 0.493 e. The van der Waals surface area contributed by atoms with E-state index < -0.39 is 12.0 Å². The third kappa shape index (κ3) is 3.36. The maximum atomic E-state index is 10.7. The van der Waals surface area contributed by atoms with E-state index in [0.717, 1.165) is 0 Å². The SMILES string of the molecule is COc1cccc(C(C#N)N(C)CC(=O)O)c1OC. The normalized spacial score (nSPS) is 11.7. The summed E-state index contributed by atoms with van der Waals surface area (Å²) in [6, 6.07) is 6.52. The monoisotopic (exact) mass is 264 g/mol. The van der Waals surface area contributed by atoms with E-state index in [9.17, 15) is 10.1 Å². The Hall–Kier alpha value is -2.26. The van der Waals surface area contributed by atoms with Gasteiger partial charge in [-0.25, -0.2) is 0 Å². The highest BCUT2D eigenvalue weighted by Gasteiger charge is 2.23. The van der Waals surface area contributed by atoms with Crippen LogP contribution in [0.2, 0.25) is 0 Å². The standard InChI is InChI=1S/C13H16N2O4/c1-15(8-12(16)17)10(7-14)9-5-4-6-11(18-2)13(9)19-3/h4-6,10H,8H2,1-3H3,(H,16,17). The lowest BCUT2D eigenvalue weighted by Crippen LogP contribution is -2.29. The molecule has 6 heteroatoms. The molecular weight excluding hydrogens is 248 g/mol. The highest BCUT2D eigenvalue weighted by Crippen LogP contribution is 2.36. The third-order valence-corrected chi connectivity index (χ3v) is 2.68. The Morgan fingerprint density at radius 1 is 1.47 bits per heavy atom. The van der Waals surface area contributed by atoms with E-state index in [2.05, 4.69) is 6.07 Å². The van der Waals surface area contributed by atoms with E-state index in [1.807, 2.05) is 0 Å². The first-order valence-electron chi connectivity index (χ1n) is 5.57. The molecule has 1 aromatic carbocycles. The van der Waals surface area contributed by atoms with Gasteiger partial charge in [0.1, 0.15) is 6.04 Å². The second-order valence-electron chi connectivity index (χ2n) is 3.92. The number of hydrogen-bond acceptors (Lipinski definition) is 5. The molecule has 1 N–H and O–H groups in total. The number of ether oxygens (including phenoxy) is 2.